The van der Waals surface area contributed by atoms with E-state index in [-0.39, 0.29) is 11.9 Å². The molecule has 1 aromatic heterocycles. The Balaban J connectivity index is 1.96. The summed E-state index contributed by atoms with van der Waals surface area (Å²) in [5.74, 6) is 0.658. The summed E-state index contributed by atoms with van der Waals surface area (Å²) in [5, 5.41) is 0. The number of furan rings is 1. The Labute approximate surface area is 118 Å². The first-order valence-corrected chi connectivity index (χ1v) is 6.85. The van der Waals surface area contributed by atoms with E-state index >= 15 is 0 Å². The molecule has 4 nitrogen and oxygen atoms in total. The maximum atomic E-state index is 12.7. The number of nitrogens with zero attached hydrogens (tertiary/aromatic N) is 1. The fourth-order valence-corrected chi connectivity index (χ4v) is 2.91. The lowest BCUT2D eigenvalue weighted by molar-refractivity contribution is 0.0666. The summed E-state index contributed by atoms with van der Waals surface area (Å²) >= 11 is 0. The number of hydrogen-bond donors (Lipinski definition) is 1. The van der Waals surface area contributed by atoms with Gasteiger partial charge in [-0.05, 0) is 30.5 Å². The van der Waals surface area contributed by atoms with E-state index in [1.807, 2.05) is 24.0 Å². The number of nitrogens with two attached hydrogens (primary N) is 1. The summed E-state index contributed by atoms with van der Waals surface area (Å²) in [4.78, 5) is 14.5. The summed E-state index contributed by atoms with van der Waals surface area (Å²) in [5.41, 5.74) is 9.00. The molecule has 0 bridgehead atoms. The molecule has 3 rings (SSSR count). The highest BCUT2D eigenvalue weighted by Gasteiger charge is 2.31. The van der Waals surface area contributed by atoms with Crippen LogP contribution in [0.4, 0.5) is 0 Å². The Morgan fingerprint density at radius 1 is 1.40 bits per heavy atom. The molecule has 1 aliphatic rings. The molecule has 1 aromatic carbocycles. The lowest BCUT2D eigenvalue weighted by atomic mass is 9.92. The lowest BCUT2D eigenvalue weighted by Gasteiger charge is -2.36. The third-order valence-corrected chi connectivity index (χ3v) is 3.99. The van der Waals surface area contributed by atoms with Crippen molar-refractivity contribution in [2.24, 2.45) is 5.73 Å². The SMILES string of the molecule is Cc1occc1C(=O)N1CCc2ccccc2C1CN. The molecule has 0 radical (unpaired) electrons. The third-order valence-electron chi connectivity index (χ3n) is 3.99. The van der Waals surface area contributed by atoms with Crippen molar-refractivity contribution < 1.29 is 9.21 Å². The van der Waals surface area contributed by atoms with Crippen LogP contribution in [-0.4, -0.2) is 23.9 Å². The van der Waals surface area contributed by atoms with Gasteiger partial charge in [-0.3, -0.25) is 4.79 Å². The molecule has 0 fully saturated rings. The van der Waals surface area contributed by atoms with Crippen LogP contribution in [0.5, 0.6) is 0 Å². The van der Waals surface area contributed by atoms with Crippen molar-refractivity contribution >= 4 is 5.91 Å². The van der Waals surface area contributed by atoms with Crippen LogP contribution in [0.15, 0.2) is 41.0 Å². The largest absolute Gasteiger partial charge is 0.469 e. The average Bonchev–Trinajstić information content (AvgIpc) is 2.91. The Hall–Kier alpha value is -2.07. The minimum atomic E-state index is -0.0539. The predicted octanol–water partition coefficient (Wildman–Crippen LogP) is 2.29. The fourth-order valence-electron chi connectivity index (χ4n) is 2.91. The zero-order chi connectivity index (χ0) is 14.1. The van der Waals surface area contributed by atoms with Gasteiger partial charge in [-0.25, -0.2) is 0 Å². The third kappa shape index (κ3) is 2.02. The van der Waals surface area contributed by atoms with Crippen molar-refractivity contribution in [2.75, 3.05) is 13.1 Å². The van der Waals surface area contributed by atoms with Crippen LogP contribution in [0.1, 0.15) is 33.3 Å². The molecular weight excluding hydrogens is 252 g/mol. The summed E-state index contributed by atoms with van der Waals surface area (Å²) in [6.45, 7) is 2.94. The van der Waals surface area contributed by atoms with Crippen LogP contribution in [0.2, 0.25) is 0 Å². The summed E-state index contributed by atoms with van der Waals surface area (Å²) in [7, 11) is 0. The first-order valence-electron chi connectivity index (χ1n) is 6.85. The van der Waals surface area contributed by atoms with E-state index in [1.54, 1.807) is 12.3 Å². The molecular formula is C16H18N2O2. The number of aryl methyl sites for hydroxylation is 1. The topological polar surface area (TPSA) is 59.5 Å². The quantitative estimate of drug-likeness (QED) is 0.910. The second kappa shape index (κ2) is 5.13. The van der Waals surface area contributed by atoms with Gasteiger partial charge in [0.1, 0.15) is 5.76 Å². The summed E-state index contributed by atoms with van der Waals surface area (Å²) < 4.78 is 5.24. The summed E-state index contributed by atoms with van der Waals surface area (Å²) in [6.07, 6.45) is 2.42. The van der Waals surface area contributed by atoms with Gasteiger partial charge in [-0.15, -0.1) is 0 Å². The first-order chi connectivity index (χ1) is 9.72. The number of rotatable bonds is 2. The number of fused-ring (bicyclic) bond motifs is 1. The zero-order valence-corrected chi connectivity index (χ0v) is 11.5. The van der Waals surface area contributed by atoms with Crippen LogP contribution < -0.4 is 5.73 Å². The predicted molar refractivity (Wildman–Crippen MR) is 76.4 cm³/mol. The van der Waals surface area contributed by atoms with Crippen molar-refractivity contribution in [3.63, 3.8) is 0 Å². The molecule has 2 N–H and O–H groups in total. The number of amides is 1. The summed E-state index contributed by atoms with van der Waals surface area (Å²) in [6, 6.07) is 9.88. The van der Waals surface area contributed by atoms with Crippen LogP contribution in [0.25, 0.3) is 0 Å². The van der Waals surface area contributed by atoms with E-state index in [0.717, 1.165) is 12.0 Å². The van der Waals surface area contributed by atoms with Crippen LogP contribution in [0, 0.1) is 6.92 Å². The molecule has 1 amide bonds. The number of carbonyl (C=O) groups excluding carboxylic acids is 1. The van der Waals surface area contributed by atoms with E-state index in [4.69, 9.17) is 10.2 Å². The Morgan fingerprint density at radius 3 is 2.90 bits per heavy atom. The first kappa shape index (κ1) is 12.9. The van der Waals surface area contributed by atoms with Gasteiger partial charge >= 0.3 is 0 Å². The molecule has 2 heterocycles. The monoisotopic (exact) mass is 270 g/mol. The average molecular weight is 270 g/mol. The highest BCUT2D eigenvalue weighted by molar-refractivity contribution is 5.95. The van der Waals surface area contributed by atoms with Gasteiger partial charge in [0.25, 0.3) is 5.91 Å². The standard InChI is InChI=1S/C16H18N2O2/c1-11-13(7-9-20-11)16(19)18-8-6-12-4-2-3-5-14(12)15(18)10-17/h2-5,7,9,15H,6,8,10,17H2,1H3. The second-order valence-corrected chi connectivity index (χ2v) is 5.09. The van der Waals surface area contributed by atoms with Gasteiger partial charge in [-0.1, -0.05) is 24.3 Å². The minimum absolute atomic E-state index is 0.00111. The zero-order valence-electron chi connectivity index (χ0n) is 11.5. The van der Waals surface area contributed by atoms with Gasteiger partial charge in [-0.2, -0.15) is 0 Å². The Bertz CT molecular complexity index is 633. The van der Waals surface area contributed by atoms with E-state index in [9.17, 15) is 4.79 Å². The van der Waals surface area contributed by atoms with Crippen molar-refractivity contribution in [2.45, 2.75) is 19.4 Å². The molecule has 2 aromatic rings. The van der Waals surface area contributed by atoms with Gasteiger partial charge in [0.2, 0.25) is 0 Å². The number of benzene rings is 1. The molecule has 0 spiro atoms. The van der Waals surface area contributed by atoms with E-state index in [0.29, 0.717) is 24.4 Å². The van der Waals surface area contributed by atoms with Crippen LogP contribution in [0.3, 0.4) is 0 Å². The maximum Gasteiger partial charge on any atom is 0.257 e. The van der Waals surface area contributed by atoms with Crippen molar-refractivity contribution in [3.8, 4) is 0 Å². The smallest absolute Gasteiger partial charge is 0.257 e. The molecule has 0 aliphatic carbocycles. The molecule has 1 atom stereocenters. The lowest BCUT2D eigenvalue weighted by Crippen LogP contribution is -2.43. The highest BCUT2D eigenvalue weighted by atomic mass is 16.3. The van der Waals surface area contributed by atoms with E-state index in [1.165, 1.54) is 5.56 Å². The normalized spacial score (nSPS) is 17.9. The molecule has 1 aliphatic heterocycles. The van der Waals surface area contributed by atoms with Gasteiger partial charge in [0.15, 0.2) is 0 Å². The van der Waals surface area contributed by atoms with Gasteiger partial charge in [0, 0.05) is 13.1 Å². The van der Waals surface area contributed by atoms with Gasteiger partial charge < -0.3 is 15.1 Å². The Morgan fingerprint density at radius 2 is 2.20 bits per heavy atom. The molecule has 1 unspecified atom stereocenters. The molecule has 20 heavy (non-hydrogen) atoms. The molecule has 4 heteroatoms. The molecule has 0 saturated carbocycles. The molecule has 0 saturated heterocycles. The Kier molecular flexibility index (Phi) is 3.32. The van der Waals surface area contributed by atoms with Gasteiger partial charge in [0.05, 0.1) is 17.9 Å². The highest BCUT2D eigenvalue weighted by Crippen LogP contribution is 2.30. The minimum Gasteiger partial charge on any atom is -0.469 e. The van der Waals surface area contributed by atoms with E-state index < -0.39 is 0 Å². The van der Waals surface area contributed by atoms with E-state index in [2.05, 4.69) is 12.1 Å². The molecule has 104 valence electrons. The van der Waals surface area contributed by atoms with Crippen molar-refractivity contribution in [3.05, 3.63) is 59.0 Å². The number of hydrogen-bond acceptors (Lipinski definition) is 3. The van der Waals surface area contributed by atoms with Crippen molar-refractivity contribution in [1.82, 2.24) is 4.90 Å². The second-order valence-electron chi connectivity index (χ2n) is 5.09. The maximum absolute atomic E-state index is 12.7. The van der Waals surface area contributed by atoms with Crippen molar-refractivity contribution in [1.29, 1.82) is 0 Å². The van der Waals surface area contributed by atoms with Crippen LogP contribution >= 0.6 is 0 Å². The number of carbonyl (C=O) groups is 1. The van der Waals surface area contributed by atoms with Crippen LogP contribution in [-0.2, 0) is 6.42 Å². The fraction of sp³-hybridized carbons (Fsp3) is 0.312.